The van der Waals surface area contributed by atoms with Crippen LogP contribution in [0.2, 0.25) is 0 Å². The third-order valence-corrected chi connectivity index (χ3v) is 3.27. The van der Waals surface area contributed by atoms with Crippen LogP contribution in [0.5, 0.6) is 0 Å². The molecule has 0 unspecified atom stereocenters. The topological polar surface area (TPSA) is 53.5 Å². The highest BCUT2D eigenvalue weighted by Crippen LogP contribution is 2.23. The molecule has 1 atom stereocenters. The van der Waals surface area contributed by atoms with E-state index in [4.69, 9.17) is 0 Å². The van der Waals surface area contributed by atoms with E-state index in [1.54, 1.807) is 7.05 Å². The zero-order valence-electron chi connectivity index (χ0n) is 11.1. The van der Waals surface area contributed by atoms with Crippen LogP contribution in [0.3, 0.4) is 0 Å². The van der Waals surface area contributed by atoms with Crippen molar-refractivity contribution in [3.8, 4) is 0 Å². The lowest BCUT2D eigenvalue weighted by atomic mass is 10.0. The SMILES string of the molecule is CN[C@H]1N=C(c2ccccc2)c2ccccc2NC1=O. The Morgan fingerprint density at radius 2 is 1.75 bits per heavy atom. The minimum atomic E-state index is -0.586. The molecule has 4 nitrogen and oxygen atoms in total. The van der Waals surface area contributed by atoms with Gasteiger partial charge in [-0.15, -0.1) is 0 Å². The van der Waals surface area contributed by atoms with Gasteiger partial charge in [-0.1, -0.05) is 48.5 Å². The summed E-state index contributed by atoms with van der Waals surface area (Å²) in [7, 11) is 1.73. The highest BCUT2D eigenvalue weighted by atomic mass is 16.2. The van der Waals surface area contributed by atoms with Crippen LogP contribution >= 0.6 is 0 Å². The standard InChI is InChI=1S/C16H15N3O/c1-17-15-16(20)18-13-10-6-5-9-12(13)14(19-15)11-7-3-2-4-8-11/h2-10,15,17H,1H3,(H,18,20)/t15-/m0/s1. The summed E-state index contributed by atoms with van der Waals surface area (Å²) in [5.74, 6) is -0.147. The Morgan fingerprint density at radius 3 is 2.50 bits per heavy atom. The average molecular weight is 265 g/mol. The number of hydrogen-bond acceptors (Lipinski definition) is 3. The summed E-state index contributed by atoms with van der Waals surface area (Å²) < 4.78 is 0. The third kappa shape index (κ3) is 2.21. The van der Waals surface area contributed by atoms with Crippen LogP contribution in [0.15, 0.2) is 59.6 Å². The summed E-state index contributed by atoms with van der Waals surface area (Å²) in [5.41, 5.74) is 3.54. The highest BCUT2D eigenvalue weighted by molar-refractivity contribution is 6.19. The Balaban J connectivity index is 2.20. The van der Waals surface area contributed by atoms with E-state index in [2.05, 4.69) is 15.6 Å². The minimum absolute atomic E-state index is 0.147. The number of aliphatic imine (C=N–C) groups is 1. The fourth-order valence-electron chi connectivity index (χ4n) is 2.28. The van der Waals surface area contributed by atoms with Crippen molar-refractivity contribution in [1.29, 1.82) is 0 Å². The van der Waals surface area contributed by atoms with Gasteiger partial charge in [-0.05, 0) is 13.1 Å². The second kappa shape index (κ2) is 5.27. The Morgan fingerprint density at radius 1 is 1.05 bits per heavy atom. The molecule has 1 amide bonds. The van der Waals surface area contributed by atoms with E-state index in [-0.39, 0.29) is 5.91 Å². The van der Waals surface area contributed by atoms with Crippen LogP contribution in [-0.2, 0) is 4.79 Å². The van der Waals surface area contributed by atoms with Gasteiger partial charge >= 0.3 is 0 Å². The largest absolute Gasteiger partial charge is 0.322 e. The molecule has 1 aliphatic heterocycles. The van der Waals surface area contributed by atoms with Crippen molar-refractivity contribution in [2.24, 2.45) is 4.99 Å². The van der Waals surface area contributed by atoms with Gasteiger partial charge in [0.15, 0.2) is 6.17 Å². The number of likely N-dealkylation sites (N-methyl/N-ethyl adjacent to an activating group) is 1. The molecular weight excluding hydrogens is 250 g/mol. The zero-order chi connectivity index (χ0) is 13.9. The maximum absolute atomic E-state index is 12.1. The van der Waals surface area contributed by atoms with E-state index >= 15 is 0 Å². The van der Waals surface area contributed by atoms with Crippen LogP contribution in [0.1, 0.15) is 11.1 Å². The summed E-state index contributed by atoms with van der Waals surface area (Å²) >= 11 is 0. The second-order valence-corrected chi connectivity index (χ2v) is 4.57. The van der Waals surface area contributed by atoms with Gasteiger partial charge in [0.1, 0.15) is 0 Å². The van der Waals surface area contributed by atoms with Crippen molar-refractivity contribution >= 4 is 17.3 Å². The third-order valence-electron chi connectivity index (χ3n) is 3.27. The van der Waals surface area contributed by atoms with Crippen molar-refractivity contribution in [2.45, 2.75) is 6.17 Å². The Hall–Kier alpha value is -2.46. The molecule has 1 aliphatic rings. The first kappa shape index (κ1) is 12.6. The average Bonchev–Trinajstić information content (AvgIpc) is 2.64. The Kier molecular flexibility index (Phi) is 3.31. The van der Waals surface area contributed by atoms with Crippen LogP contribution in [0.4, 0.5) is 5.69 Å². The molecular formula is C16H15N3O. The maximum atomic E-state index is 12.1. The number of nitrogens with one attached hydrogen (secondary N) is 2. The molecule has 0 radical (unpaired) electrons. The Bertz CT molecular complexity index is 664. The number of para-hydroxylation sites is 1. The second-order valence-electron chi connectivity index (χ2n) is 4.57. The molecule has 0 bridgehead atoms. The van der Waals surface area contributed by atoms with Gasteiger partial charge in [0.05, 0.1) is 11.4 Å². The van der Waals surface area contributed by atoms with Crippen LogP contribution in [0.25, 0.3) is 0 Å². The molecule has 2 aromatic carbocycles. The van der Waals surface area contributed by atoms with E-state index in [1.165, 1.54) is 0 Å². The number of benzodiazepines with no additional fused rings is 1. The van der Waals surface area contributed by atoms with Gasteiger partial charge < -0.3 is 5.32 Å². The van der Waals surface area contributed by atoms with Crippen molar-refractivity contribution in [2.75, 3.05) is 12.4 Å². The number of carbonyl (C=O) groups excluding carboxylic acids is 1. The number of nitrogens with zero attached hydrogens (tertiary/aromatic N) is 1. The molecule has 0 fully saturated rings. The molecule has 2 N–H and O–H groups in total. The fourth-order valence-corrected chi connectivity index (χ4v) is 2.28. The quantitative estimate of drug-likeness (QED) is 0.873. The van der Waals surface area contributed by atoms with Gasteiger partial charge in [0.2, 0.25) is 0 Å². The molecule has 0 aromatic heterocycles. The van der Waals surface area contributed by atoms with Gasteiger partial charge in [0, 0.05) is 11.1 Å². The molecule has 1 heterocycles. The number of amides is 1. The number of rotatable bonds is 2. The molecule has 0 saturated heterocycles. The van der Waals surface area contributed by atoms with E-state index in [0.717, 1.165) is 22.5 Å². The molecule has 2 aromatic rings. The Labute approximate surface area is 117 Å². The number of carbonyl (C=O) groups is 1. The maximum Gasteiger partial charge on any atom is 0.263 e. The van der Waals surface area contributed by atoms with Crippen LogP contribution in [-0.4, -0.2) is 24.8 Å². The first-order valence-electron chi connectivity index (χ1n) is 6.50. The predicted octanol–water partition coefficient (Wildman–Crippen LogP) is 2.02. The minimum Gasteiger partial charge on any atom is -0.322 e. The molecule has 100 valence electrons. The fraction of sp³-hybridized carbons (Fsp3) is 0.125. The number of fused-ring (bicyclic) bond motifs is 1. The van der Waals surface area contributed by atoms with Gasteiger partial charge in [-0.3, -0.25) is 15.1 Å². The molecule has 3 rings (SSSR count). The lowest BCUT2D eigenvalue weighted by Crippen LogP contribution is -2.36. The first-order valence-corrected chi connectivity index (χ1v) is 6.50. The highest BCUT2D eigenvalue weighted by Gasteiger charge is 2.23. The van der Waals surface area contributed by atoms with Gasteiger partial charge in [-0.25, -0.2) is 0 Å². The number of benzene rings is 2. The molecule has 0 spiro atoms. The predicted molar refractivity (Wildman–Crippen MR) is 80.0 cm³/mol. The molecule has 20 heavy (non-hydrogen) atoms. The summed E-state index contributed by atoms with van der Waals surface area (Å²) in [4.78, 5) is 16.7. The van der Waals surface area contributed by atoms with Gasteiger partial charge in [0.25, 0.3) is 5.91 Å². The smallest absolute Gasteiger partial charge is 0.263 e. The number of anilines is 1. The zero-order valence-corrected chi connectivity index (χ0v) is 11.1. The van der Waals surface area contributed by atoms with E-state index in [9.17, 15) is 4.79 Å². The van der Waals surface area contributed by atoms with Crippen LogP contribution in [0, 0.1) is 0 Å². The van der Waals surface area contributed by atoms with Crippen molar-refractivity contribution in [3.63, 3.8) is 0 Å². The van der Waals surface area contributed by atoms with Crippen molar-refractivity contribution in [3.05, 3.63) is 65.7 Å². The van der Waals surface area contributed by atoms with Crippen molar-refractivity contribution in [1.82, 2.24) is 5.32 Å². The van der Waals surface area contributed by atoms with E-state index in [1.807, 2.05) is 54.6 Å². The lowest BCUT2D eigenvalue weighted by Gasteiger charge is -2.09. The summed E-state index contributed by atoms with van der Waals surface area (Å²) in [5, 5.41) is 5.84. The molecule has 4 heteroatoms. The van der Waals surface area contributed by atoms with Crippen LogP contribution < -0.4 is 10.6 Å². The molecule has 0 aliphatic carbocycles. The normalized spacial score (nSPS) is 17.8. The summed E-state index contributed by atoms with van der Waals surface area (Å²) in [6, 6.07) is 17.6. The summed E-state index contributed by atoms with van der Waals surface area (Å²) in [6.07, 6.45) is -0.586. The number of hydrogen-bond donors (Lipinski definition) is 2. The summed E-state index contributed by atoms with van der Waals surface area (Å²) in [6.45, 7) is 0. The van der Waals surface area contributed by atoms with Gasteiger partial charge in [-0.2, -0.15) is 0 Å². The lowest BCUT2D eigenvalue weighted by molar-refractivity contribution is -0.117. The monoisotopic (exact) mass is 265 g/mol. The van der Waals surface area contributed by atoms with E-state index in [0.29, 0.717) is 0 Å². The van der Waals surface area contributed by atoms with E-state index < -0.39 is 6.17 Å². The van der Waals surface area contributed by atoms with Crippen molar-refractivity contribution < 1.29 is 4.79 Å². The first-order chi connectivity index (χ1) is 9.79. The molecule has 0 saturated carbocycles.